The highest BCUT2D eigenvalue weighted by atomic mass is 16.5. The van der Waals surface area contributed by atoms with Gasteiger partial charge in [-0.2, -0.15) is 0 Å². The van der Waals surface area contributed by atoms with Crippen LogP contribution in [-0.2, 0) is 11.2 Å². The third-order valence-electron chi connectivity index (χ3n) is 6.17. The van der Waals surface area contributed by atoms with Crippen molar-refractivity contribution in [3.63, 3.8) is 0 Å². The summed E-state index contributed by atoms with van der Waals surface area (Å²) >= 11 is 0. The van der Waals surface area contributed by atoms with E-state index in [4.69, 9.17) is 9.47 Å². The van der Waals surface area contributed by atoms with Crippen LogP contribution in [0.2, 0.25) is 0 Å². The van der Waals surface area contributed by atoms with Gasteiger partial charge in [-0.05, 0) is 36.8 Å². The quantitative estimate of drug-likeness (QED) is 0.510. The fourth-order valence-electron chi connectivity index (χ4n) is 4.25. The zero-order chi connectivity index (χ0) is 25.5. The Hall–Kier alpha value is -4.20. The van der Waals surface area contributed by atoms with Crippen LogP contribution in [-0.4, -0.2) is 57.2 Å². The fraction of sp³-hybridized carbons (Fsp3) is 0.286. The standard InChI is InChI=1S/C28H32N4O4/c1-20-5-4-6-21(15-20)16-27(33)32-13-11-31(12-14-32)24-9-7-22(8-10-24)29-28(34)30-23-17-25(35-2)19-26(18-23)36-3/h4-10,15,17-19H,11-14,16H2,1-3H3,(H2,29,30,34). The second-order valence-corrected chi connectivity index (χ2v) is 8.76. The van der Waals surface area contributed by atoms with E-state index < -0.39 is 0 Å². The molecule has 3 aromatic rings. The minimum atomic E-state index is -0.362. The van der Waals surface area contributed by atoms with Crippen LogP contribution in [0.1, 0.15) is 11.1 Å². The highest BCUT2D eigenvalue weighted by Crippen LogP contribution is 2.26. The molecule has 0 bridgehead atoms. The number of hydrogen-bond donors (Lipinski definition) is 2. The predicted octanol–water partition coefficient (Wildman–Crippen LogP) is 4.55. The summed E-state index contributed by atoms with van der Waals surface area (Å²) in [5.41, 5.74) is 4.53. The molecule has 8 nitrogen and oxygen atoms in total. The van der Waals surface area contributed by atoms with Crippen LogP contribution in [0.25, 0.3) is 0 Å². The fourth-order valence-corrected chi connectivity index (χ4v) is 4.25. The summed E-state index contributed by atoms with van der Waals surface area (Å²) < 4.78 is 10.5. The number of nitrogens with one attached hydrogen (secondary N) is 2. The molecule has 3 aromatic carbocycles. The summed E-state index contributed by atoms with van der Waals surface area (Å²) in [6, 6.07) is 20.6. The first-order valence-electron chi connectivity index (χ1n) is 11.9. The van der Waals surface area contributed by atoms with E-state index in [-0.39, 0.29) is 11.9 Å². The van der Waals surface area contributed by atoms with Gasteiger partial charge < -0.3 is 29.9 Å². The summed E-state index contributed by atoms with van der Waals surface area (Å²) in [5.74, 6) is 1.34. The molecule has 8 heteroatoms. The van der Waals surface area contributed by atoms with Gasteiger partial charge in [0.15, 0.2) is 0 Å². The summed E-state index contributed by atoms with van der Waals surface area (Å²) in [5, 5.41) is 5.64. The van der Waals surface area contributed by atoms with Crippen molar-refractivity contribution in [2.24, 2.45) is 0 Å². The van der Waals surface area contributed by atoms with Gasteiger partial charge in [0.05, 0.1) is 20.6 Å². The maximum absolute atomic E-state index is 12.7. The topological polar surface area (TPSA) is 83.1 Å². The molecule has 4 rings (SSSR count). The molecule has 0 spiro atoms. The Morgan fingerprint density at radius 1 is 0.806 bits per heavy atom. The number of ether oxygens (including phenoxy) is 2. The first-order chi connectivity index (χ1) is 17.4. The van der Waals surface area contributed by atoms with Crippen molar-refractivity contribution < 1.29 is 19.1 Å². The van der Waals surface area contributed by atoms with Crippen molar-refractivity contribution in [1.29, 1.82) is 0 Å². The van der Waals surface area contributed by atoms with Crippen molar-refractivity contribution in [3.05, 3.63) is 77.9 Å². The number of hydrogen-bond acceptors (Lipinski definition) is 5. The molecular weight excluding hydrogens is 456 g/mol. The summed E-state index contributed by atoms with van der Waals surface area (Å²) in [7, 11) is 3.12. The zero-order valence-electron chi connectivity index (χ0n) is 20.9. The number of methoxy groups -OCH3 is 2. The third kappa shape index (κ3) is 6.47. The first-order valence-corrected chi connectivity index (χ1v) is 11.9. The van der Waals surface area contributed by atoms with Gasteiger partial charge in [-0.15, -0.1) is 0 Å². The number of anilines is 3. The number of piperazine rings is 1. The number of carbonyl (C=O) groups excluding carboxylic acids is 2. The van der Waals surface area contributed by atoms with Gasteiger partial charge in [0.1, 0.15) is 11.5 Å². The molecule has 0 saturated carbocycles. The Labute approximate surface area is 211 Å². The molecule has 0 atom stereocenters. The van der Waals surface area contributed by atoms with Crippen molar-refractivity contribution in [1.82, 2.24) is 4.90 Å². The average molecular weight is 489 g/mol. The molecule has 188 valence electrons. The number of rotatable bonds is 7. The van der Waals surface area contributed by atoms with Gasteiger partial charge in [-0.3, -0.25) is 4.79 Å². The molecule has 0 aliphatic carbocycles. The Bertz CT molecular complexity index is 1180. The number of nitrogens with zero attached hydrogens (tertiary/aromatic N) is 2. The van der Waals surface area contributed by atoms with E-state index in [1.54, 1.807) is 32.4 Å². The van der Waals surface area contributed by atoms with Crippen molar-refractivity contribution in [3.8, 4) is 11.5 Å². The molecule has 1 heterocycles. The molecular formula is C28H32N4O4. The van der Waals surface area contributed by atoms with E-state index in [9.17, 15) is 9.59 Å². The third-order valence-corrected chi connectivity index (χ3v) is 6.17. The minimum Gasteiger partial charge on any atom is -0.497 e. The van der Waals surface area contributed by atoms with Gasteiger partial charge in [0.2, 0.25) is 5.91 Å². The van der Waals surface area contributed by atoms with Crippen molar-refractivity contribution >= 4 is 29.0 Å². The highest BCUT2D eigenvalue weighted by molar-refractivity contribution is 6.00. The largest absolute Gasteiger partial charge is 0.497 e. The van der Waals surface area contributed by atoms with E-state index in [0.717, 1.165) is 24.3 Å². The molecule has 2 N–H and O–H groups in total. The second-order valence-electron chi connectivity index (χ2n) is 8.76. The first kappa shape index (κ1) is 24.9. The van der Waals surface area contributed by atoms with Crippen LogP contribution < -0.4 is 25.0 Å². The Morgan fingerprint density at radius 2 is 1.44 bits per heavy atom. The number of aryl methyl sites for hydroxylation is 1. The van der Waals surface area contributed by atoms with Gasteiger partial charge in [0, 0.05) is 61.4 Å². The second kappa shape index (κ2) is 11.5. The lowest BCUT2D eigenvalue weighted by atomic mass is 10.1. The summed E-state index contributed by atoms with van der Waals surface area (Å²) in [4.78, 5) is 29.4. The number of amides is 3. The molecule has 1 fully saturated rings. The van der Waals surface area contributed by atoms with Crippen LogP contribution in [0.5, 0.6) is 11.5 Å². The van der Waals surface area contributed by atoms with Crippen molar-refractivity contribution in [2.45, 2.75) is 13.3 Å². The van der Waals surface area contributed by atoms with Crippen LogP contribution in [0.15, 0.2) is 66.7 Å². The number of urea groups is 1. The van der Waals surface area contributed by atoms with Gasteiger partial charge in [-0.1, -0.05) is 29.8 Å². The van der Waals surface area contributed by atoms with Gasteiger partial charge in [0.25, 0.3) is 0 Å². The Kier molecular flexibility index (Phi) is 7.95. The van der Waals surface area contributed by atoms with E-state index in [0.29, 0.717) is 42.4 Å². The normalized spacial score (nSPS) is 13.2. The average Bonchev–Trinajstić information content (AvgIpc) is 2.89. The highest BCUT2D eigenvalue weighted by Gasteiger charge is 2.21. The molecule has 0 unspecified atom stereocenters. The Morgan fingerprint density at radius 3 is 2.06 bits per heavy atom. The van der Waals surface area contributed by atoms with E-state index in [2.05, 4.69) is 21.6 Å². The van der Waals surface area contributed by atoms with Crippen LogP contribution >= 0.6 is 0 Å². The Balaban J connectivity index is 1.28. The predicted molar refractivity (Wildman–Crippen MR) is 142 cm³/mol. The van der Waals surface area contributed by atoms with E-state index in [1.165, 1.54) is 5.56 Å². The van der Waals surface area contributed by atoms with E-state index >= 15 is 0 Å². The molecule has 0 aromatic heterocycles. The molecule has 3 amide bonds. The number of benzene rings is 3. The lowest BCUT2D eigenvalue weighted by Crippen LogP contribution is -2.49. The van der Waals surface area contributed by atoms with E-state index in [1.807, 2.05) is 54.3 Å². The monoisotopic (exact) mass is 488 g/mol. The zero-order valence-corrected chi connectivity index (χ0v) is 20.9. The lowest BCUT2D eigenvalue weighted by Gasteiger charge is -2.36. The van der Waals surface area contributed by atoms with Crippen LogP contribution in [0, 0.1) is 6.92 Å². The van der Waals surface area contributed by atoms with Crippen LogP contribution in [0.3, 0.4) is 0 Å². The maximum Gasteiger partial charge on any atom is 0.323 e. The summed E-state index contributed by atoms with van der Waals surface area (Å²) in [6.07, 6.45) is 0.437. The van der Waals surface area contributed by atoms with Crippen LogP contribution in [0.4, 0.5) is 21.9 Å². The molecule has 0 radical (unpaired) electrons. The maximum atomic E-state index is 12.7. The minimum absolute atomic E-state index is 0.166. The SMILES string of the molecule is COc1cc(NC(=O)Nc2ccc(N3CCN(C(=O)Cc4cccc(C)c4)CC3)cc2)cc(OC)c1. The summed E-state index contributed by atoms with van der Waals surface area (Å²) in [6.45, 7) is 4.96. The van der Waals surface area contributed by atoms with Gasteiger partial charge in [-0.25, -0.2) is 4.79 Å². The molecule has 1 aliphatic heterocycles. The molecule has 1 saturated heterocycles. The lowest BCUT2D eigenvalue weighted by molar-refractivity contribution is -0.130. The van der Waals surface area contributed by atoms with Crippen molar-refractivity contribution in [2.75, 3.05) is 55.9 Å². The smallest absolute Gasteiger partial charge is 0.323 e. The van der Waals surface area contributed by atoms with Gasteiger partial charge >= 0.3 is 6.03 Å². The molecule has 36 heavy (non-hydrogen) atoms. The number of carbonyl (C=O) groups is 2. The molecule has 1 aliphatic rings.